The van der Waals surface area contributed by atoms with Crippen molar-refractivity contribution in [2.45, 2.75) is 19.4 Å². The number of nitrogens with zero attached hydrogens (tertiary/aromatic N) is 2. The molecular weight excluding hydrogens is 316 g/mol. The van der Waals surface area contributed by atoms with Crippen LogP contribution in [0.3, 0.4) is 0 Å². The molecule has 0 spiro atoms. The van der Waals surface area contributed by atoms with Crippen LogP contribution in [-0.2, 0) is 6.42 Å². The first-order chi connectivity index (χ1) is 12.3. The quantitative estimate of drug-likeness (QED) is 0.621. The van der Waals surface area contributed by atoms with Crippen LogP contribution in [0.5, 0.6) is 11.8 Å². The molecule has 134 valence electrons. The van der Waals surface area contributed by atoms with Crippen molar-refractivity contribution in [1.82, 2.24) is 15.3 Å². The number of hydrogen-bond donors (Lipinski definition) is 2. The van der Waals surface area contributed by atoms with Gasteiger partial charge in [-0.05, 0) is 37.6 Å². The van der Waals surface area contributed by atoms with E-state index in [0.29, 0.717) is 11.8 Å². The Labute approximate surface area is 149 Å². The van der Waals surface area contributed by atoms with Crippen LogP contribution >= 0.6 is 0 Å². The van der Waals surface area contributed by atoms with Crippen LogP contribution in [0.4, 0.5) is 5.69 Å². The van der Waals surface area contributed by atoms with Crippen LogP contribution in [0.15, 0.2) is 49.3 Å². The highest BCUT2D eigenvalue weighted by atomic mass is 16.5. The van der Waals surface area contributed by atoms with Crippen LogP contribution in [0.2, 0.25) is 0 Å². The SMILES string of the molecule is C=CC.COc1ccc(CCNCC2CNc3cccnc3O2)cn1. The lowest BCUT2D eigenvalue weighted by molar-refractivity contribution is 0.194. The van der Waals surface area contributed by atoms with Gasteiger partial charge in [0.25, 0.3) is 0 Å². The van der Waals surface area contributed by atoms with Gasteiger partial charge in [-0.1, -0.05) is 12.1 Å². The van der Waals surface area contributed by atoms with Crippen LogP contribution in [0.1, 0.15) is 12.5 Å². The first kappa shape index (κ1) is 18.7. The number of aromatic nitrogens is 2. The number of anilines is 1. The fourth-order valence-electron chi connectivity index (χ4n) is 2.33. The highest BCUT2D eigenvalue weighted by Crippen LogP contribution is 2.24. The van der Waals surface area contributed by atoms with E-state index in [1.807, 2.05) is 37.4 Å². The molecule has 3 rings (SSSR count). The van der Waals surface area contributed by atoms with Gasteiger partial charge in [0.05, 0.1) is 19.3 Å². The number of hydrogen-bond acceptors (Lipinski definition) is 6. The summed E-state index contributed by atoms with van der Waals surface area (Å²) < 4.78 is 10.9. The number of rotatable bonds is 6. The molecule has 0 radical (unpaired) electrons. The Bertz CT molecular complexity index is 646. The van der Waals surface area contributed by atoms with Gasteiger partial charge in [0, 0.05) is 25.0 Å². The summed E-state index contributed by atoms with van der Waals surface area (Å²) in [5.74, 6) is 1.32. The smallest absolute Gasteiger partial charge is 0.237 e. The van der Waals surface area contributed by atoms with Gasteiger partial charge in [0.2, 0.25) is 11.8 Å². The highest BCUT2D eigenvalue weighted by molar-refractivity contribution is 5.53. The highest BCUT2D eigenvalue weighted by Gasteiger charge is 2.19. The molecule has 2 N–H and O–H groups in total. The van der Waals surface area contributed by atoms with Crippen molar-refractivity contribution >= 4 is 5.69 Å². The second-order valence-corrected chi connectivity index (χ2v) is 5.55. The van der Waals surface area contributed by atoms with Gasteiger partial charge < -0.3 is 20.1 Å². The Hall–Kier alpha value is -2.60. The van der Waals surface area contributed by atoms with Gasteiger partial charge in [-0.3, -0.25) is 0 Å². The molecule has 1 unspecified atom stereocenters. The zero-order chi connectivity index (χ0) is 17.9. The van der Waals surface area contributed by atoms with Gasteiger partial charge in [0.15, 0.2) is 0 Å². The van der Waals surface area contributed by atoms with Gasteiger partial charge in [0.1, 0.15) is 6.10 Å². The summed E-state index contributed by atoms with van der Waals surface area (Å²) in [6.07, 6.45) is 6.36. The van der Waals surface area contributed by atoms with Gasteiger partial charge in [-0.15, -0.1) is 6.58 Å². The summed E-state index contributed by atoms with van der Waals surface area (Å²) in [5.41, 5.74) is 2.14. The summed E-state index contributed by atoms with van der Waals surface area (Å²) in [6, 6.07) is 7.79. The van der Waals surface area contributed by atoms with Crippen molar-refractivity contribution in [3.8, 4) is 11.8 Å². The topological polar surface area (TPSA) is 68.3 Å². The maximum absolute atomic E-state index is 5.85. The summed E-state index contributed by atoms with van der Waals surface area (Å²) >= 11 is 0. The van der Waals surface area contributed by atoms with E-state index >= 15 is 0 Å². The van der Waals surface area contributed by atoms with Crippen LogP contribution in [-0.4, -0.2) is 42.8 Å². The monoisotopic (exact) mass is 342 g/mol. The second-order valence-electron chi connectivity index (χ2n) is 5.55. The third kappa shape index (κ3) is 6.08. The molecule has 2 aromatic heterocycles. The minimum Gasteiger partial charge on any atom is -0.481 e. The van der Waals surface area contributed by atoms with E-state index in [9.17, 15) is 0 Å². The number of pyridine rings is 2. The molecule has 1 aliphatic rings. The molecule has 0 aromatic carbocycles. The van der Waals surface area contributed by atoms with Gasteiger partial charge in [-0.2, -0.15) is 0 Å². The van der Waals surface area contributed by atoms with Gasteiger partial charge >= 0.3 is 0 Å². The Kier molecular flexibility index (Phi) is 7.72. The molecule has 0 bridgehead atoms. The van der Waals surface area contributed by atoms with E-state index < -0.39 is 0 Å². The van der Waals surface area contributed by atoms with Crippen LogP contribution < -0.4 is 20.1 Å². The molecule has 25 heavy (non-hydrogen) atoms. The number of nitrogens with one attached hydrogen (secondary N) is 2. The van der Waals surface area contributed by atoms with Crippen molar-refractivity contribution in [3.63, 3.8) is 0 Å². The molecule has 1 atom stereocenters. The Morgan fingerprint density at radius 2 is 2.24 bits per heavy atom. The number of fused-ring (bicyclic) bond motifs is 1. The lowest BCUT2D eigenvalue weighted by atomic mass is 10.2. The molecule has 0 saturated carbocycles. The Morgan fingerprint density at radius 1 is 1.40 bits per heavy atom. The molecule has 3 heterocycles. The third-order valence-corrected chi connectivity index (χ3v) is 3.54. The molecule has 0 fully saturated rings. The lowest BCUT2D eigenvalue weighted by Crippen LogP contribution is -2.40. The number of ether oxygens (including phenoxy) is 2. The first-order valence-electron chi connectivity index (χ1n) is 8.39. The van der Waals surface area contributed by atoms with E-state index in [4.69, 9.17) is 9.47 Å². The largest absolute Gasteiger partial charge is 0.481 e. The summed E-state index contributed by atoms with van der Waals surface area (Å²) in [7, 11) is 1.62. The van der Waals surface area contributed by atoms with E-state index in [1.54, 1.807) is 19.4 Å². The number of methoxy groups -OCH3 is 1. The standard InChI is InChI=1S/C16H20N4O2.C3H6/c1-21-15-5-4-12(9-20-15)6-8-17-10-13-11-19-14-3-2-7-18-16(14)22-13;1-3-2/h2-5,7,9,13,17,19H,6,8,10-11H2,1H3;3H,1H2,2H3. The van der Waals surface area contributed by atoms with Crippen molar-refractivity contribution in [2.24, 2.45) is 0 Å². The molecular formula is C19H26N4O2. The predicted octanol–water partition coefficient (Wildman–Crippen LogP) is 2.68. The molecule has 1 aliphatic heterocycles. The molecule has 0 aliphatic carbocycles. The van der Waals surface area contributed by atoms with Gasteiger partial charge in [-0.25, -0.2) is 9.97 Å². The predicted molar refractivity (Wildman–Crippen MR) is 100 cm³/mol. The minimum absolute atomic E-state index is 0.0939. The minimum atomic E-state index is 0.0939. The van der Waals surface area contributed by atoms with E-state index in [1.165, 1.54) is 5.56 Å². The molecule has 6 heteroatoms. The van der Waals surface area contributed by atoms with Crippen molar-refractivity contribution in [3.05, 3.63) is 54.9 Å². The molecule has 0 amide bonds. The number of allylic oxidation sites excluding steroid dienone is 1. The summed E-state index contributed by atoms with van der Waals surface area (Å²) in [6.45, 7) is 7.70. The first-order valence-corrected chi connectivity index (χ1v) is 8.39. The van der Waals surface area contributed by atoms with E-state index in [0.717, 1.165) is 31.7 Å². The fraction of sp³-hybridized carbons (Fsp3) is 0.368. The molecule has 6 nitrogen and oxygen atoms in total. The van der Waals surface area contributed by atoms with E-state index in [2.05, 4.69) is 27.2 Å². The third-order valence-electron chi connectivity index (χ3n) is 3.54. The lowest BCUT2D eigenvalue weighted by Gasteiger charge is -2.26. The molecule has 0 saturated heterocycles. The van der Waals surface area contributed by atoms with Crippen molar-refractivity contribution in [2.75, 3.05) is 32.1 Å². The van der Waals surface area contributed by atoms with E-state index in [-0.39, 0.29) is 6.10 Å². The van der Waals surface area contributed by atoms with Crippen molar-refractivity contribution in [1.29, 1.82) is 0 Å². The zero-order valence-corrected chi connectivity index (χ0v) is 14.9. The normalized spacial score (nSPS) is 14.9. The summed E-state index contributed by atoms with van der Waals surface area (Å²) in [5, 5.41) is 6.74. The maximum Gasteiger partial charge on any atom is 0.237 e. The van der Waals surface area contributed by atoms with Crippen LogP contribution in [0.25, 0.3) is 0 Å². The average Bonchev–Trinajstić information content (AvgIpc) is 2.66. The maximum atomic E-state index is 5.85. The molecule has 2 aromatic rings. The Morgan fingerprint density at radius 3 is 2.96 bits per heavy atom. The second kappa shape index (κ2) is 10.3. The zero-order valence-electron chi connectivity index (χ0n) is 14.9. The average molecular weight is 342 g/mol. The van der Waals surface area contributed by atoms with Crippen molar-refractivity contribution < 1.29 is 9.47 Å². The van der Waals surface area contributed by atoms with Crippen LogP contribution in [0, 0.1) is 0 Å². The fourth-order valence-corrected chi connectivity index (χ4v) is 2.33. The summed E-state index contributed by atoms with van der Waals surface area (Å²) in [4.78, 5) is 8.43. The Balaban J connectivity index is 0.000000701.